The third-order valence-electron chi connectivity index (χ3n) is 3.15. The van der Waals surface area contributed by atoms with Gasteiger partial charge in [-0.3, -0.25) is 4.79 Å². The fraction of sp³-hybridized carbons (Fsp3) is 0.667. The Morgan fingerprint density at radius 1 is 1.47 bits per heavy atom. The van der Waals surface area contributed by atoms with Gasteiger partial charge in [-0.2, -0.15) is 0 Å². The number of hydrogen-bond acceptors (Lipinski definition) is 4. The van der Waals surface area contributed by atoms with Gasteiger partial charge in [0, 0.05) is 17.8 Å². The van der Waals surface area contributed by atoms with Gasteiger partial charge in [0.25, 0.3) is 0 Å². The molecule has 94 valence electrons. The highest BCUT2D eigenvalue weighted by Crippen LogP contribution is 2.17. The van der Waals surface area contributed by atoms with Crippen LogP contribution in [0.1, 0.15) is 44.2 Å². The van der Waals surface area contributed by atoms with Gasteiger partial charge in [-0.05, 0) is 19.3 Å². The Balaban J connectivity index is 1.70. The summed E-state index contributed by atoms with van der Waals surface area (Å²) in [6, 6.07) is 0.400. The first kappa shape index (κ1) is 12.4. The Morgan fingerprint density at radius 2 is 2.24 bits per heavy atom. The number of thiazole rings is 1. The largest absolute Gasteiger partial charge is 0.375 e. The van der Waals surface area contributed by atoms with E-state index in [0.29, 0.717) is 24.0 Å². The van der Waals surface area contributed by atoms with Crippen molar-refractivity contribution in [2.45, 2.75) is 51.0 Å². The second-order valence-electron chi connectivity index (χ2n) is 4.58. The van der Waals surface area contributed by atoms with Gasteiger partial charge in [0.2, 0.25) is 5.91 Å². The Hall–Kier alpha value is -1.10. The standard InChI is InChI=1S/C12H19N3OS/c13-12-15-10(8-17-12)6-7-11(16)14-9-4-2-1-3-5-9/h8-9H,1-7H2,(H2,13,15)(H,14,16). The molecule has 0 aliphatic heterocycles. The molecule has 1 aliphatic carbocycles. The minimum absolute atomic E-state index is 0.142. The van der Waals surface area contributed by atoms with Gasteiger partial charge in [0.1, 0.15) is 0 Å². The monoisotopic (exact) mass is 253 g/mol. The number of carbonyl (C=O) groups is 1. The van der Waals surface area contributed by atoms with Crippen LogP contribution in [0.15, 0.2) is 5.38 Å². The van der Waals surface area contributed by atoms with Crippen molar-refractivity contribution in [1.29, 1.82) is 0 Å². The molecule has 1 saturated carbocycles. The molecule has 0 unspecified atom stereocenters. The van der Waals surface area contributed by atoms with Crippen LogP contribution >= 0.6 is 11.3 Å². The average Bonchev–Trinajstić information content (AvgIpc) is 2.74. The van der Waals surface area contributed by atoms with Crippen molar-refractivity contribution < 1.29 is 4.79 Å². The highest BCUT2D eigenvalue weighted by atomic mass is 32.1. The van der Waals surface area contributed by atoms with Crippen molar-refractivity contribution in [3.63, 3.8) is 0 Å². The van der Waals surface area contributed by atoms with Crippen LogP contribution in [0.25, 0.3) is 0 Å². The fourth-order valence-electron chi connectivity index (χ4n) is 2.23. The van der Waals surface area contributed by atoms with Crippen molar-refractivity contribution >= 4 is 22.4 Å². The second kappa shape index (κ2) is 6.00. The van der Waals surface area contributed by atoms with Crippen LogP contribution in [-0.4, -0.2) is 16.9 Å². The van der Waals surface area contributed by atoms with Gasteiger partial charge in [0.15, 0.2) is 5.13 Å². The van der Waals surface area contributed by atoms with Gasteiger partial charge in [0.05, 0.1) is 5.69 Å². The molecular formula is C12H19N3OS. The van der Waals surface area contributed by atoms with Crippen LogP contribution in [0.4, 0.5) is 5.13 Å². The Kier molecular flexibility index (Phi) is 4.36. The van der Waals surface area contributed by atoms with Crippen LogP contribution in [-0.2, 0) is 11.2 Å². The van der Waals surface area contributed by atoms with Crippen LogP contribution in [0.5, 0.6) is 0 Å². The quantitative estimate of drug-likeness (QED) is 0.863. The molecule has 5 heteroatoms. The van der Waals surface area contributed by atoms with Gasteiger partial charge < -0.3 is 11.1 Å². The molecule has 17 heavy (non-hydrogen) atoms. The predicted molar refractivity (Wildman–Crippen MR) is 69.9 cm³/mol. The summed E-state index contributed by atoms with van der Waals surface area (Å²) in [5, 5.41) is 5.60. The van der Waals surface area contributed by atoms with E-state index >= 15 is 0 Å². The first-order chi connectivity index (χ1) is 8.24. The number of nitrogens with one attached hydrogen (secondary N) is 1. The molecule has 0 bridgehead atoms. The number of carbonyl (C=O) groups excluding carboxylic acids is 1. The molecule has 0 radical (unpaired) electrons. The number of nitrogens with zero attached hydrogens (tertiary/aromatic N) is 1. The lowest BCUT2D eigenvalue weighted by atomic mass is 9.95. The fourth-order valence-corrected chi connectivity index (χ4v) is 2.82. The van der Waals surface area contributed by atoms with Crippen molar-refractivity contribution in [2.24, 2.45) is 0 Å². The van der Waals surface area contributed by atoms with Crippen molar-refractivity contribution in [3.8, 4) is 0 Å². The van der Waals surface area contributed by atoms with Crippen molar-refractivity contribution in [2.75, 3.05) is 5.73 Å². The number of aromatic nitrogens is 1. The zero-order chi connectivity index (χ0) is 12.1. The van der Waals surface area contributed by atoms with E-state index in [0.717, 1.165) is 18.5 Å². The number of nitrogens with two attached hydrogens (primary N) is 1. The molecule has 1 fully saturated rings. The SMILES string of the molecule is Nc1nc(CCC(=O)NC2CCCCC2)cs1. The van der Waals surface area contributed by atoms with Crippen molar-refractivity contribution in [1.82, 2.24) is 10.3 Å². The summed E-state index contributed by atoms with van der Waals surface area (Å²) in [5.74, 6) is 0.142. The summed E-state index contributed by atoms with van der Waals surface area (Å²) in [6.45, 7) is 0. The van der Waals surface area contributed by atoms with E-state index in [1.54, 1.807) is 0 Å². The molecule has 4 nitrogen and oxygen atoms in total. The molecule has 1 aromatic heterocycles. The van der Waals surface area contributed by atoms with E-state index in [2.05, 4.69) is 10.3 Å². The van der Waals surface area contributed by atoms with Crippen LogP contribution < -0.4 is 11.1 Å². The molecule has 1 aromatic rings. The molecular weight excluding hydrogens is 234 g/mol. The molecule has 0 saturated heterocycles. The summed E-state index contributed by atoms with van der Waals surface area (Å²) in [7, 11) is 0. The van der Waals surface area contributed by atoms with Crippen LogP contribution in [0.2, 0.25) is 0 Å². The zero-order valence-corrected chi connectivity index (χ0v) is 10.8. The molecule has 3 N–H and O–H groups in total. The Labute approximate surface area is 106 Å². The van der Waals surface area contributed by atoms with Crippen LogP contribution in [0.3, 0.4) is 0 Å². The molecule has 1 heterocycles. The number of hydrogen-bond donors (Lipinski definition) is 2. The number of aryl methyl sites for hydroxylation is 1. The molecule has 0 spiro atoms. The third kappa shape index (κ3) is 4.00. The van der Waals surface area contributed by atoms with E-state index in [9.17, 15) is 4.79 Å². The van der Waals surface area contributed by atoms with Crippen LogP contribution in [0, 0.1) is 0 Å². The maximum absolute atomic E-state index is 11.7. The summed E-state index contributed by atoms with van der Waals surface area (Å²) in [6.07, 6.45) is 7.27. The third-order valence-corrected chi connectivity index (χ3v) is 3.87. The summed E-state index contributed by atoms with van der Waals surface area (Å²) in [5.41, 5.74) is 6.46. The maximum atomic E-state index is 11.7. The normalized spacial score (nSPS) is 16.9. The topological polar surface area (TPSA) is 68.0 Å². The Morgan fingerprint density at radius 3 is 2.88 bits per heavy atom. The molecule has 2 rings (SSSR count). The minimum Gasteiger partial charge on any atom is -0.375 e. The average molecular weight is 253 g/mol. The van der Waals surface area contributed by atoms with E-state index in [-0.39, 0.29) is 5.91 Å². The van der Waals surface area contributed by atoms with Gasteiger partial charge in [-0.15, -0.1) is 11.3 Å². The van der Waals surface area contributed by atoms with Gasteiger partial charge in [-0.1, -0.05) is 19.3 Å². The zero-order valence-electron chi connectivity index (χ0n) is 9.95. The summed E-state index contributed by atoms with van der Waals surface area (Å²) < 4.78 is 0. The maximum Gasteiger partial charge on any atom is 0.220 e. The lowest BCUT2D eigenvalue weighted by Crippen LogP contribution is -2.36. The minimum atomic E-state index is 0.142. The van der Waals surface area contributed by atoms with E-state index in [4.69, 9.17) is 5.73 Å². The highest BCUT2D eigenvalue weighted by Gasteiger charge is 2.15. The second-order valence-corrected chi connectivity index (χ2v) is 5.47. The first-order valence-corrected chi connectivity index (χ1v) is 7.11. The summed E-state index contributed by atoms with van der Waals surface area (Å²) in [4.78, 5) is 15.9. The van der Waals surface area contributed by atoms with E-state index in [1.807, 2.05) is 5.38 Å². The molecule has 0 atom stereocenters. The number of amides is 1. The van der Waals surface area contributed by atoms with E-state index in [1.165, 1.54) is 30.6 Å². The smallest absolute Gasteiger partial charge is 0.220 e. The molecule has 1 aliphatic rings. The lowest BCUT2D eigenvalue weighted by molar-refractivity contribution is -0.122. The van der Waals surface area contributed by atoms with Gasteiger partial charge in [-0.25, -0.2) is 4.98 Å². The molecule has 1 amide bonds. The highest BCUT2D eigenvalue weighted by molar-refractivity contribution is 7.13. The summed E-state index contributed by atoms with van der Waals surface area (Å²) >= 11 is 1.43. The number of anilines is 1. The van der Waals surface area contributed by atoms with Gasteiger partial charge >= 0.3 is 0 Å². The first-order valence-electron chi connectivity index (χ1n) is 6.23. The number of rotatable bonds is 4. The predicted octanol–water partition coefficient (Wildman–Crippen LogP) is 2.11. The number of nitrogen functional groups attached to an aromatic ring is 1. The van der Waals surface area contributed by atoms with Crippen molar-refractivity contribution in [3.05, 3.63) is 11.1 Å². The lowest BCUT2D eigenvalue weighted by Gasteiger charge is -2.22. The Bertz CT molecular complexity index is 372. The van der Waals surface area contributed by atoms with E-state index < -0.39 is 0 Å². The molecule has 0 aromatic carbocycles.